The van der Waals surface area contributed by atoms with Gasteiger partial charge >= 0.3 is 0 Å². The van der Waals surface area contributed by atoms with E-state index in [-0.39, 0.29) is 6.61 Å². The Labute approximate surface area is 95.9 Å². The molecule has 0 radical (unpaired) electrons. The Balaban J connectivity index is 2.41. The van der Waals surface area contributed by atoms with Crippen LogP contribution in [0.2, 0.25) is 0 Å². The van der Waals surface area contributed by atoms with Crippen LogP contribution in [0.3, 0.4) is 0 Å². The van der Waals surface area contributed by atoms with Gasteiger partial charge < -0.3 is 15.3 Å². The van der Waals surface area contributed by atoms with E-state index in [1.807, 2.05) is 24.3 Å². The van der Waals surface area contributed by atoms with Crippen molar-refractivity contribution < 1.29 is 9.84 Å². The zero-order chi connectivity index (χ0) is 11.6. The summed E-state index contributed by atoms with van der Waals surface area (Å²) in [7, 11) is 0. The summed E-state index contributed by atoms with van der Waals surface area (Å²) in [6, 6.07) is 7.72. The van der Waals surface area contributed by atoms with Gasteiger partial charge in [-0.3, -0.25) is 0 Å². The van der Waals surface area contributed by atoms with Gasteiger partial charge in [0, 0.05) is 0 Å². The molecule has 2 N–H and O–H groups in total. The summed E-state index contributed by atoms with van der Waals surface area (Å²) in [5.41, 5.74) is 3.72. The number of ether oxygens (including phenoxy) is 1. The Hall–Kier alpha value is -1.55. The van der Waals surface area contributed by atoms with Crippen LogP contribution >= 0.6 is 0 Å². The van der Waals surface area contributed by atoms with Crippen molar-refractivity contribution in [1.29, 1.82) is 0 Å². The van der Waals surface area contributed by atoms with Gasteiger partial charge in [-0.1, -0.05) is 6.92 Å². The molecule has 88 valence electrons. The topological polar surface area (TPSA) is 53.8 Å². The van der Waals surface area contributed by atoms with E-state index in [4.69, 9.17) is 9.84 Å². The van der Waals surface area contributed by atoms with Gasteiger partial charge in [-0.05, 0) is 36.2 Å². The van der Waals surface area contributed by atoms with E-state index in [0.717, 1.165) is 24.3 Å². The molecule has 4 nitrogen and oxygen atoms in total. The standard InChI is InChI=1S/C12H18N2O2/c1-2-9-16-12-5-3-11(4-6-12)10-14-13-7-8-15/h3-6,10,13,15H,2,7-9H2,1H3. The lowest BCUT2D eigenvalue weighted by Crippen LogP contribution is -2.11. The van der Waals surface area contributed by atoms with Crippen LogP contribution in [-0.4, -0.2) is 31.1 Å². The maximum Gasteiger partial charge on any atom is 0.119 e. The van der Waals surface area contributed by atoms with E-state index in [2.05, 4.69) is 17.5 Å². The van der Waals surface area contributed by atoms with Crippen molar-refractivity contribution in [3.63, 3.8) is 0 Å². The van der Waals surface area contributed by atoms with Crippen molar-refractivity contribution in [1.82, 2.24) is 5.43 Å². The van der Waals surface area contributed by atoms with E-state index in [0.29, 0.717) is 6.54 Å². The first-order chi connectivity index (χ1) is 7.86. The largest absolute Gasteiger partial charge is 0.494 e. The van der Waals surface area contributed by atoms with Gasteiger partial charge in [-0.15, -0.1) is 0 Å². The number of aliphatic hydroxyl groups is 1. The van der Waals surface area contributed by atoms with E-state index >= 15 is 0 Å². The number of hydrogen-bond donors (Lipinski definition) is 2. The highest BCUT2D eigenvalue weighted by Gasteiger charge is 1.92. The van der Waals surface area contributed by atoms with Gasteiger partial charge in [0.1, 0.15) is 5.75 Å². The third-order valence-corrected chi connectivity index (χ3v) is 1.88. The van der Waals surface area contributed by atoms with Gasteiger partial charge in [0.25, 0.3) is 0 Å². The van der Waals surface area contributed by atoms with Crippen LogP contribution in [0.1, 0.15) is 18.9 Å². The monoisotopic (exact) mass is 222 g/mol. The van der Waals surface area contributed by atoms with Crippen LogP contribution in [0, 0.1) is 0 Å². The molecule has 1 aromatic carbocycles. The third-order valence-electron chi connectivity index (χ3n) is 1.88. The van der Waals surface area contributed by atoms with Crippen LogP contribution < -0.4 is 10.2 Å². The molecule has 0 heterocycles. The number of hydrogen-bond acceptors (Lipinski definition) is 4. The molecule has 16 heavy (non-hydrogen) atoms. The highest BCUT2D eigenvalue weighted by Crippen LogP contribution is 2.11. The lowest BCUT2D eigenvalue weighted by Gasteiger charge is -2.03. The number of hydrazone groups is 1. The zero-order valence-corrected chi connectivity index (χ0v) is 9.52. The third kappa shape index (κ3) is 4.79. The average Bonchev–Trinajstić information content (AvgIpc) is 2.33. The van der Waals surface area contributed by atoms with Crippen molar-refractivity contribution in [2.75, 3.05) is 19.8 Å². The van der Waals surface area contributed by atoms with Crippen LogP contribution in [0.5, 0.6) is 5.75 Å². The lowest BCUT2D eigenvalue weighted by molar-refractivity contribution is 0.294. The zero-order valence-electron chi connectivity index (χ0n) is 9.52. The molecular formula is C12H18N2O2. The van der Waals surface area contributed by atoms with Crippen LogP contribution in [0.25, 0.3) is 0 Å². The van der Waals surface area contributed by atoms with Crippen LogP contribution in [-0.2, 0) is 0 Å². The Morgan fingerprint density at radius 1 is 1.38 bits per heavy atom. The first-order valence-electron chi connectivity index (χ1n) is 5.46. The summed E-state index contributed by atoms with van der Waals surface area (Å²) in [5.74, 6) is 0.877. The molecule has 0 unspecified atom stereocenters. The van der Waals surface area contributed by atoms with Crippen molar-refractivity contribution in [2.24, 2.45) is 5.10 Å². The summed E-state index contributed by atoms with van der Waals surface area (Å²) >= 11 is 0. The maximum atomic E-state index is 8.53. The predicted molar refractivity (Wildman–Crippen MR) is 64.9 cm³/mol. The number of benzene rings is 1. The second kappa shape index (κ2) is 7.70. The van der Waals surface area contributed by atoms with Crippen molar-refractivity contribution in [3.8, 4) is 5.75 Å². The molecule has 0 bridgehead atoms. The fourth-order valence-corrected chi connectivity index (χ4v) is 1.10. The minimum atomic E-state index is 0.0845. The normalized spacial score (nSPS) is 10.6. The van der Waals surface area contributed by atoms with Crippen LogP contribution in [0.4, 0.5) is 0 Å². The van der Waals surface area contributed by atoms with Gasteiger partial charge in [-0.25, -0.2) is 0 Å². The molecule has 1 rings (SSSR count). The number of rotatable bonds is 7. The number of aliphatic hydroxyl groups excluding tert-OH is 1. The van der Waals surface area contributed by atoms with Crippen molar-refractivity contribution >= 4 is 6.21 Å². The lowest BCUT2D eigenvalue weighted by atomic mass is 10.2. The second-order valence-electron chi connectivity index (χ2n) is 3.31. The fourth-order valence-electron chi connectivity index (χ4n) is 1.10. The molecule has 0 aliphatic heterocycles. The Morgan fingerprint density at radius 3 is 2.75 bits per heavy atom. The molecule has 1 aromatic rings. The molecule has 0 saturated carbocycles. The molecular weight excluding hydrogens is 204 g/mol. The van der Waals surface area contributed by atoms with Crippen LogP contribution in [0.15, 0.2) is 29.4 Å². The minimum Gasteiger partial charge on any atom is -0.494 e. The maximum absolute atomic E-state index is 8.53. The minimum absolute atomic E-state index is 0.0845. The first-order valence-corrected chi connectivity index (χ1v) is 5.46. The average molecular weight is 222 g/mol. The van der Waals surface area contributed by atoms with Gasteiger partial charge in [0.05, 0.1) is 26.0 Å². The molecule has 0 aliphatic rings. The summed E-state index contributed by atoms with van der Waals surface area (Å²) in [6.45, 7) is 3.37. The molecule has 0 aromatic heterocycles. The van der Waals surface area contributed by atoms with Crippen molar-refractivity contribution in [3.05, 3.63) is 29.8 Å². The predicted octanol–water partition coefficient (Wildman–Crippen LogP) is 1.39. The van der Waals surface area contributed by atoms with Crippen molar-refractivity contribution in [2.45, 2.75) is 13.3 Å². The summed E-state index contributed by atoms with van der Waals surface area (Å²) in [6.07, 6.45) is 2.72. The first kappa shape index (κ1) is 12.5. The molecule has 0 saturated heterocycles. The Bertz CT molecular complexity index is 309. The number of nitrogens with one attached hydrogen (secondary N) is 1. The Morgan fingerprint density at radius 2 is 2.12 bits per heavy atom. The smallest absolute Gasteiger partial charge is 0.119 e. The highest BCUT2D eigenvalue weighted by atomic mass is 16.5. The van der Waals surface area contributed by atoms with E-state index in [1.54, 1.807) is 6.21 Å². The van der Waals surface area contributed by atoms with E-state index < -0.39 is 0 Å². The quantitative estimate of drug-likeness (QED) is 0.416. The molecule has 0 spiro atoms. The highest BCUT2D eigenvalue weighted by molar-refractivity contribution is 5.79. The molecule has 0 atom stereocenters. The summed E-state index contributed by atoms with van der Waals surface area (Å²) in [5, 5.41) is 12.5. The fraction of sp³-hybridized carbons (Fsp3) is 0.417. The Kier molecular flexibility index (Phi) is 6.03. The van der Waals surface area contributed by atoms with Gasteiger partial charge in [0.2, 0.25) is 0 Å². The molecule has 0 aliphatic carbocycles. The molecule has 0 fully saturated rings. The summed E-state index contributed by atoms with van der Waals surface area (Å²) in [4.78, 5) is 0. The van der Waals surface area contributed by atoms with Gasteiger partial charge in [0.15, 0.2) is 0 Å². The van der Waals surface area contributed by atoms with E-state index in [9.17, 15) is 0 Å². The van der Waals surface area contributed by atoms with E-state index in [1.165, 1.54) is 0 Å². The van der Waals surface area contributed by atoms with Gasteiger partial charge in [-0.2, -0.15) is 5.10 Å². The second-order valence-corrected chi connectivity index (χ2v) is 3.31. The molecule has 4 heteroatoms. The summed E-state index contributed by atoms with van der Waals surface area (Å²) < 4.78 is 5.46. The SMILES string of the molecule is CCCOc1ccc(C=NNCCO)cc1. The molecule has 0 amide bonds. The number of nitrogens with zero attached hydrogens (tertiary/aromatic N) is 1.